The van der Waals surface area contributed by atoms with Crippen molar-refractivity contribution in [2.24, 2.45) is 0 Å². The van der Waals surface area contributed by atoms with Crippen LogP contribution in [0.2, 0.25) is 0 Å². The van der Waals surface area contributed by atoms with Gasteiger partial charge in [0.1, 0.15) is 5.82 Å². The molecule has 0 spiro atoms. The summed E-state index contributed by atoms with van der Waals surface area (Å²) in [6.45, 7) is 0. The molecule has 1 nitrogen and oxygen atoms in total. The summed E-state index contributed by atoms with van der Waals surface area (Å²) in [4.78, 5) is 0. The molecule has 0 saturated heterocycles. The molecule has 1 aromatic rings. The van der Waals surface area contributed by atoms with Gasteiger partial charge >= 0.3 is 8.05 Å². The maximum absolute atomic E-state index is 12.1. The normalized spacial score (nSPS) is 9.00. The van der Waals surface area contributed by atoms with Crippen molar-refractivity contribution in [3.05, 3.63) is 30.1 Å². The predicted molar refractivity (Wildman–Crippen MR) is 32.8 cm³/mol. The van der Waals surface area contributed by atoms with E-state index in [0.29, 0.717) is 5.75 Å². The highest BCUT2D eigenvalue weighted by Gasteiger charge is 1.88. The van der Waals surface area contributed by atoms with Crippen LogP contribution in [0.4, 0.5) is 4.39 Å². The zero-order valence-electron chi connectivity index (χ0n) is 4.67. The van der Waals surface area contributed by atoms with Crippen LogP contribution in [0, 0.1) is 5.82 Å². The Balaban J connectivity index is 2.88. The summed E-state index contributed by atoms with van der Waals surface area (Å²) in [5.74, 6) is 0.159. The SMILES string of the molecule is [B]Oc1ccc(F)cc1. The minimum atomic E-state index is -0.296. The van der Waals surface area contributed by atoms with Crippen molar-refractivity contribution < 1.29 is 9.04 Å². The molecular formula is C6H4BFO. The molecule has 3 heteroatoms. The molecule has 0 atom stereocenters. The van der Waals surface area contributed by atoms with Gasteiger partial charge in [-0.05, 0) is 24.3 Å². The van der Waals surface area contributed by atoms with Crippen molar-refractivity contribution in [2.45, 2.75) is 0 Å². The van der Waals surface area contributed by atoms with Gasteiger partial charge < -0.3 is 4.65 Å². The Morgan fingerprint density at radius 1 is 1.22 bits per heavy atom. The first-order valence-electron chi connectivity index (χ1n) is 2.45. The van der Waals surface area contributed by atoms with Crippen molar-refractivity contribution in [2.75, 3.05) is 0 Å². The highest BCUT2D eigenvalue weighted by atomic mass is 19.1. The van der Waals surface area contributed by atoms with E-state index in [-0.39, 0.29) is 5.82 Å². The van der Waals surface area contributed by atoms with E-state index in [1.165, 1.54) is 24.3 Å². The van der Waals surface area contributed by atoms with Crippen molar-refractivity contribution >= 4 is 8.05 Å². The molecule has 1 rings (SSSR count). The van der Waals surface area contributed by atoms with Crippen LogP contribution in [0.5, 0.6) is 5.75 Å². The van der Waals surface area contributed by atoms with Crippen LogP contribution in [0.1, 0.15) is 0 Å². The zero-order valence-corrected chi connectivity index (χ0v) is 4.67. The van der Waals surface area contributed by atoms with Gasteiger partial charge in [-0.15, -0.1) is 0 Å². The minimum Gasteiger partial charge on any atom is -0.568 e. The predicted octanol–water partition coefficient (Wildman–Crippen LogP) is 1.29. The van der Waals surface area contributed by atoms with Crippen LogP contribution < -0.4 is 4.65 Å². The summed E-state index contributed by atoms with van der Waals surface area (Å²) in [5, 5.41) is 0. The van der Waals surface area contributed by atoms with E-state index in [2.05, 4.69) is 4.65 Å². The van der Waals surface area contributed by atoms with Gasteiger partial charge in [0.15, 0.2) is 0 Å². The molecule has 0 aromatic heterocycles. The molecule has 9 heavy (non-hydrogen) atoms. The Bertz CT molecular complexity index is 185. The lowest BCUT2D eigenvalue weighted by atomic mass is 10.3. The van der Waals surface area contributed by atoms with Crippen LogP contribution >= 0.6 is 0 Å². The van der Waals surface area contributed by atoms with Crippen LogP contribution in [0.15, 0.2) is 24.3 Å². The highest BCUT2D eigenvalue weighted by molar-refractivity contribution is 5.99. The Morgan fingerprint density at radius 2 is 1.78 bits per heavy atom. The van der Waals surface area contributed by atoms with Gasteiger partial charge in [-0.1, -0.05) is 0 Å². The minimum absolute atomic E-state index is 0.296. The zero-order chi connectivity index (χ0) is 6.69. The number of rotatable bonds is 1. The Hall–Kier alpha value is -0.985. The summed E-state index contributed by atoms with van der Waals surface area (Å²) >= 11 is 0. The molecule has 44 valence electrons. The average molecular weight is 122 g/mol. The third kappa shape index (κ3) is 1.45. The van der Waals surface area contributed by atoms with E-state index in [1.807, 2.05) is 0 Å². The van der Waals surface area contributed by atoms with Gasteiger partial charge in [0, 0.05) is 0 Å². The number of hydrogen-bond donors (Lipinski definition) is 0. The molecule has 0 heterocycles. The van der Waals surface area contributed by atoms with Crippen molar-refractivity contribution in [3.63, 3.8) is 0 Å². The largest absolute Gasteiger partial charge is 0.568 e. The van der Waals surface area contributed by atoms with Crippen molar-refractivity contribution in [1.82, 2.24) is 0 Å². The standard InChI is InChI=1S/C6H4BFO/c7-9-6-3-1-5(8)2-4-6/h1-4H. The maximum Gasteiger partial charge on any atom is 0.374 e. The van der Waals surface area contributed by atoms with Crippen molar-refractivity contribution in [1.29, 1.82) is 0 Å². The molecule has 0 aliphatic heterocycles. The molecule has 0 saturated carbocycles. The fourth-order valence-electron chi connectivity index (χ4n) is 0.513. The van der Waals surface area contributed by atoms with Crippen molar-refractivity contribution in [3.8, 4) is 5.75 Å². The first kappa shape index (κ1) is 6.14. The van der Waals surface area contributed by atoms with Crippen LogP contribution in [0.25, 0.3) is 0 Å². The first-order chi connectivity index (χ1) is 4.33. The second-order valence-electron chi connectivity index (χ2n) is 1.57. The van der Waals surface area contributed by atoms with Gasteiger partial charge in [-0.2, -0.15) is 0 Å². The van der Waals surface area contributed by atoms with Gasteiger partial charge in [0.25, 0.3) is 0 Å². The second kappa shape index (κ2) is 2.53. The van der Waals surface area contributed by atoms with Gasteiger partial charge in [0.05, 0.1) is 5.75 Å². The number of benzene rings is 1. The molecule has 0 aliphatic rings. The quantitative estimate of drug-likeness (QED) is 0.510. The first-order valence-corrected chi connectivity index (χ1v) is 2.45. The number of halogens is 1. The molecule has 0 bridgehead atoms. The van der Waals surface area contributed by atoms with E-state index in [4.69, 9.17) is 8.05 Å². The van der Waals surface area contributed by atoms with Crippen LogP contribution in [-0.2, 0) is 0 Å². The Morgan fingerprint density at radius 3 is 2.22 bits per heavy atom. The molecule has 0 amide bonds. The summed E-state index contributed by atoms with van der Waals surface area (Å²) in [6, 6.07) is 5.47. The maximum atomic E-state index is 12.1. The lowest BCUT2D eigenvalue weighted by Crippen LogP contribution is -1.83. The molecular weight excluding hydrogens is 118 g/mol. The molecule has 1 aromatic carbocycles. The second-order valence-corrected chi connectivity index (χ2v) is 1.57. The van der Waals surface area contributed by atoms with Gasteiger partial charge in [0.2, 0.25) is 0 Å². The summed E-state index contributed by atoms with van der Waals surface area (Å²) in [5.41, 5.74) is 0. The van der Waals surface area contributed by atoms with Crippen LogP contribution in [-0.4, -0.2) is 8.05 Å². The van der Waals surface area contributed by atoms with E-state index >= 15 is 0 Å². The molecule has 0 fully saturated rings. The fraction of sp³-hybridized carbons (Fsp3) is 0. The Labute approximate surface area is 53.9 Å². The van der Waals surface area contributed by atoms with E-state index in [0.717, 1.165) is 0 Å². The molecule has 0 N–H and O–H groups in total. The molecule has 0 aliphatic carbocycles. The number of hydrogen-bond acceptors (Lipinski definition) is 1. The topological polar surface area (TPSA) is 9.23 Å². The molecule has 0 unspecified atom stereocenters. The molecule has 2 radical (unpaired) electrons. The van der Waals surface area contributed by atoms with Gasteiger partial charge in [-0.3, -0.25) is 0 Å². The van der Waals surface area contributed by atoms with Crippen LogP contribution in [0.3, 0.4) is 0 Å². The van der Waals surface area contributed by atoms with Gasteiger partial charge in [-0.25, -0.2) is 4.39 Å². The third-order valence-corrected chi connectivity index (χ3v) is 0.950. The van der Waals surface area contributed by atoms with E-state index in [1.54, 1.807) is 0 Å². The lowest BCUT2D eigenvalue weighted by Gasteiger charge is -1.96. The van der Waals surface area contributed by atoms with E-state index in [9.17, 15) is 4.39 Å². The fourth-order valence-corrected chi connectivity index (χ4v) is 0.513. The highest BCUT2D eigenvalue weighted by Crippen LogP contribution is 2.08. The summed E-state index contributed by atoms with van der Waals surface area (Å²) < 4.78 is 16.4. The summed E-state index contributed by atoms with van der Waals surface area (Å²) in [6.07, 6.45) is 0. The average Bonchev–Trinajstić information content (AvgIpc) is 1.90. The third-order valence-electron chi connectivity index (χ3n) is 0.950. The lowest BCUT2D eigenvalue weighted by molar-refractivity contribution is 0.599. The monoisotopic (exact) mass is 122 g/mol. The van der Waals surface area contributed by atoms with E-state index < -0.39 is 0 Å². The summed E-state index contributed by atoms with van der Waals surface area (Å²) in [7, 11) is 4.78. The Kier molecular flexibility index (Phi) is 1.73. The smallest absolute Gasteiger partial charge is 0.374 e.